The lowest BCUT2D eigenvalue weighted by Crippen LogP contribution is -2.56. The minimum atomic E-state index is -0.502. The summed E-state index contributed by atoms with van der Waals surface area (Å²) in [5.41, 5.74) is 0.858. The van der Waals surface area contributed by atoms with Crippen LogP contribution in [0.25, 0.3) is 0 Å². The SMILES string of the molecule is O=C1N[C@H](c2ccccc2)C(=O)N2CCC[C@@H]12. The van der Waals surface area contributed by atoms with Crippen LogP contribution in [0.15, 0.2) is 30.3 Å². The Bertz CT molecular complexity index is 458. The Morgan fingerprint density at radius 2 is 1.94 bits per heavy atom. The molecule has 2 heterocycles. The van der Waals surface area contributed by atoms with Crippen LogP contribution in [0.2, 0.25) is 0 Å². The van der Waals surface area contributed by atoms with E-state index >= 15 is 0 Å². The Morgan fingerprint density at radius 3 is 2.71 bits per heavy atom. The number of hydrogen-bond donors (Lipinski definition) is 1. The Kier molecular flexibility index (Phi) is 2.35. The zero-order valence-electron chi connectivity index (χ0n) is 9.43. The van der Waals surface area contributed by atoms with Gasteiger partial charge in [-0.1, -0.05) is 30.3 Å². The van der Waals surface area contributed by atoms with Crippen LogP contribution in [0.3, 0.4) is 0 Å². The number of hydrogen-bond acceptors (Lipinski definition) is 2. The van der Waals surface area contributed by atoms with E-state index < -0.39 is 6.04 Å². The molecule has 0 unspecified atom stereocenters. The Labute approximate surface area is 99.6 Å². The van der Waals surface area contributed by atoms with E-state index in [1.54, 1.807) is 4.90 Å². The lowest BCUT2D eigenvalue weighted by molar-refractivity contribution is -0.147. The van der Waals surface area contributed by atoms with Gasteiger partial charge in [-0.2, -0.15) is 0 Å². The van der Waals surface area contributed by atoms with Crippen molar-refractivity contribution in [2.75, 3.05) is 6.54 Å². The van der Waals surface area contributed by atoms with Crippen molar-refractivity contribution >= 4 is 11.8 Å². The minimum absolute atomic E-state index is 0.0176. The van der Waals surface area contributed by atoms with Gasteiger partial charge < -0.3 is 10.2 Å². The fraction of sp³-hybridized carbons (Fsp3) is 0.385. The summed E-state index contributed by atoms with van der Waals surface area (Å²) in [6.07, 6.45) is 1.71. The maximum atomic E-state index is 12.3. The topological polar surface area (TPSA) is 49.4 Å². The molecular formula is C13H14N2O2. The third-order valence-corrected chi connectivity index (χ3v) is 3.50. The molecule has 0 aliphatic carbocycles. The van der Waals surface area contributed by atoms with Crippen molar-refractivity contribution in [3.05, 3.63) is 35.9 Å². The Balaban J connectivity index is 1.92. The molecule has 2 aliphatic rings. The van der Waals surface area contributed by atoms with E-state index in [0.717, 1.165) is 18.4 Å². The van der Waals surface area contributed by atoms with Gasteiger partial charge in [-0.3, -0.25) is 9.59 Å². The van der Waals surface area contributed by atoms with E-state index in [0.29, 0.717) is 6.54 Å². The van der Waals surface area contributed by atoms with E-state index in [9.17, 15) is 9.59 Å². The highest BCUT2D eigenvalue weighted by Gasteiger charge is 2.43. The highest BCUT2D eigenvalue weighted by atomic mass is 16.2. The third kappa shape index (κ3) is 1.60. The molecular weight excluding hydrogens is 216 g/mol. The van der Waals surface area contributed by atoms with Crippen molar-refractivity contribution in [2.24, 2.45) is 0 Å². The standard InChI is InChI=1S/C13H14N2O2/c16-12-10-7-4-8-15(10)13(17)11(14-12)9-5-2-1-3-6-9/h1-3,5-6,10-11H,4,7-8H2,(H,14,16)/t10-,11+/m0/s1. The van der Waals surface area contributed by atoms with E-state index in [4.69, 9.17) is 0 Å². The van der Waals surface area contributed by atoms with Crippen LogP contribution in [0.5, 0.6) is 0 Å². The summed E-state index contributed by atoms with van der Waals surface area (Å²) in [7, 11) is 0. The van der Waals surface area contributed by atoms with Gasteiger partial charge in [0.15, 0.2) is 0 Å². The van der Waals surface area contributed by atoms with Crippen LogP contribution in [-0.2, 0) is 9.59 Å². The van der Waals surface area contributed by atoms with Gasteiger partial charge in [0.05, 0.1) is 0 Å². The van der Waals surface area contributed by atoms with Crippen LogP contribution >= 0.6 is 0 Å². The quantitative estimate of drug-likeness (QED) is 0.777. The first-order valence-corrected chi connectivity index (χ1v) is 5.93. The molecule has 0 aromatic heterocycles. The second kappa shape index (κ2) is 3.87. The molecule has 0 bridgehead atoms. The number of benzene rings is 1. The van der Waals surface area contributed by atoms with E-state index in [-0.39, 0.29) is 17.9 Å². The summed E-state index contributed by atoms with van der Waals surface area (Å²) in [6.45, 7) is 0.709. The molecule has 0 saturated carbocycles. The molecule has 2 aliphatic heterocycles. The van der Waals surface area contributed by atoms with Gasteiger partial charge in [0.1, 0.15) is 12.1 Å². The number of nitrogens with zero attached hydrogens (tertiary/aromatic N) is 1. The molecule has 1 aromatic carbocycles. The van der Waals surface area contributed by atoms with E-state index in [1.807, 2.05) is 30.3 Å². The van der Waals surface area contributed by atoms with Crippen molar-refractivity contribution in [1.82, 2.24) is 10.2 Å². The number of carbonyl (C=O) groups is 2. The molecule has 88 valence electrons. The molecule has 1 N–H and O–H groups in total. The number of nitrogens with one attached hydrogen (secondary N) is 1. The van der Waals surface area contributed by atoms with Gasteiger partial charge >= 0.3 is 0 Å². The first-order valence-electron chi connectivity index (χ1n) is 5.93. The van der Waals surface area contributed by atoms with Gasteiger partial charge in [0.25, 0.3) is 0 Å². The fourth-order valence-electron chi connectivity index (χ4n) is 2.64. The van der Waals surface area contributed by atoms with Gasteiger partial charge in [-0.15, -0.1) is 0 Å². The molecule has 1 aromatic rings. The number of carbonyl (C=O) groups excluding carboxylic acids is 2. The Morgan fingerprint density at radius 1 is 1.18 bits per heavy atom. The number of rotatable bonds is 1. The van der Waals surface area contributed by atoms with E-state index in [1.165, 1.54) is 0 Å². The molecule has 17 heavy (non-hydrogen) atoms. The van der Waals surface area contributed by atoms with Crippen LogP contribution in [0, 0.1) is 0 Å². The second-order valence-corrected chi connectivity index (χ2v) is 4.54. The lowest BCUT2D eigenvalue weighted by atomic mass is 10.0. The van der Waals surface area contributed by atoms with Gasteiger partial charge in [0.2, 0.25) is 11.8 Å². The minimum Gasteiger partial charge on any atom is -0.339 e. The fourth-order valence-corrected chi connectivity index (χ4v) is 2.64. The highest BCUT2D eigenvalue weighted by Crippen LogP contribution is 2.27. The maximum Gasteiger partial charge on any atom is 0.250 e. The van der Waals surface area contributed by atoms with Gasteiger partial charge in [-0.05, 0) is 18.4 Å². The smallest absolute Gasteiger partial charge is 0.250 e. The normalized spacial score (nSPS) is 27.9. The molecule has 2 atom stereocenters. The van der Waals surface area contributed by atoms with Crippen molar-refractivity contribution in [3.8, 4) is 0 Å². The predicted octanol–water partition coefficient (Wildman–Crippen LogP) is 0.848. The van der Waals surface area contributed by atoms with Crippen molar-refractivity contribution in [2.45, 2.75) is 24.9 Å². The van der Waals surface area contributed by atoms with Crippen molar-refractivity contribution in [1.29, 1.82) is 0 Å². The molecule has 0 spiro atoms. The highest BCUT2D eigenvalue weighted by molar-refractivity contribution is 5.97. The van der Waals surface area contributed by atoms with Gasteiger partial charge in [-0.25, -0.2) is 0 Å². The molecule has 4 heteroatoms. The molecule has 3 rings (SSSR count). The second-order valence-electron chi connectivity index (χ2n) is 4.54. The van der Waals surface area contributed by atoms with Crippen molar-refractivity contribution in [3.63, 3.8) is 0 Å². The largest absolute Gasteiger partial charge is 0.339 e. The Hall–Kier alpha value is -1.84. The number of amides is 2. The maximum absolute atomic E-state index is 12.3. The number of fused-ring (bicyclic) bond motifs is 1. The number of piperazine rings is 1. The molecule has 2 saturated heterocycles. The molecule has 2 amide bonds. The molecule has 2 fully saturated rings. The monoisotopic (exact) mass is 230 g/mol. The summed E-state index contributed by atoms with van der Waals surface area (Å²) in [5.74, 6) is 0.00857. The first-order chi connectivity index (χ1) is 8.27. The predicted molar refractivity (Wildman–Crippen MR) is 62.1 cm³/mol. The zero-order chi connectivity index (χ0) is 11.8. The summed E-state index contributed by atoms with van der Waals surface area (Å²) in [4.78, 5) is 25.9. The summed E-state index contributed by atoms with van der Waals surface area (Å²) >= 11 is 0. The van der Waals surface area contributed by atoms with Gasteiger partial charge in [0, 0.05) is 6.54 Å². The van der Waals surface area contributed by atoms with E-state index in [2.05, 4.69) is 5.32 Å². The molecule has 0 radical (unpaired) electrons. The third-order valence-electron chi connectivity index (χ3n) is 3.50. The average Bonchev–Trinajstić information content (AvgIpc) is 2.85. The van der Waals surface area contributed by atoms with Crippen LogP contribution in [0.4, 0.5) is 0 Å². The molecule has 4 nitrogen and oxygen atoms in total. The van der Waals surface area contributed by atoms with Crippen LogP contribution < -0.4 is 5.32 Å². The van der Waals surface area contributed by atoms with Crippen LogP contribution in [-0.4, -0.2) is 29.3 Å². The summed E-state index contributed by atoms with van der Waals surface area (Å²) in [6, 6.07) is 8.67. The zero-order valence-corrected chi connectivity index (χ0v) is 9.43. The van der Waals surface area contributed by atoms with Crippen LogP contribution in [0.1, 0.15) is 24.4 Å². The first kappa shape index (κ1) is 10.3. The summed E-state index contributed by atoms with van der Waals surface area (Å²) in [5, 5.41) is 2.82. The lowest BCUT2D eigenvalue weighted by Gasteiger charge is -2.34. The average molecular weight is 230 g/mol. The van der Waals surface area contributed by atoms with Crippen molar-refractivity contribution < 1.29 is 9.59 Å². The summed E-state index contributed by atoms with van der Waals surface area (Å²) < 4.78 is 0.